The molecule has 0 spiro atoms. The average Bonchev–Trinajstić information content (AvgIpc) is 1.83. The molecule has 3 heteroatoms. The van der Waals surface area contributed by atoms with Gasteiger partial charge in [-0.2, -0.15) is 0 Å². The highest BCUT2D eigenvalue weighted by molar-refractivity contribution is 6.31. The Bertz CT molecular complexity index is 202. The van der Waals surface area contributed by atoms with E-state index in [0.717, 1.165) is 5.56 Å². The van der Waals surface area contributed by atoms with Gasteiger partial charge in [0.15, 0.2) is 5.15 Å². The average molecular weight is 142 g/mol. The van der Waals surface area contributed by atoms with Gasteiger partial charge in [0.05, 0.1) is 5.69 Å². The molecule has 9 heavy (non-hydrogen) atoms. The summed E-state index contributed by atoms with van der Waals surface area (Å²) in [6.07, 6.45) is 1.57. The Hall–Kier alpha value is -0.760. The lowest BCUT2D eigenvalue weighted by Crippen LogP contribution is -1.91. The van der Waals surface area contributed by atoms with Gasteiger partial charge in [0.2, 0.25) is 0 Å². The zero-order chi connectivity index (χ0) is 6.85. The monoisotopic (exact) mass is 141 g/mol. The molecule has 0 aliphatic carbocycles. The van der Waals surface area contributed by atoms with Crippen LogP contribution < -0.4 is 5.73 Å². The molecule has 1 heterocycles. The molecule has 2 nitrogen and oxygen atoms in total. The Labute approximate surface area is 58.7 Å². The molecule has 0 saturated heterocycles. The van der Waals surface area contributed by atoms with E-state index < -0.39 is 0 Å². The lowest BCUT2D eigenvalue weighted by Gasteiger charge is -1.97. The predicted octanol–water partition coefficient (Wildman–Crippen LogP) is 1.50. The first-order valence-electron chi connectivity index (χ1n) is 2.44. The standard InChI is InChI=1S/C6H6ClN2/c1-4-2-3-9-6(7)5(4)8/h2-3H,1,8H2. The highest BCUT2D eigenvalue weighted by atomic mass is 35.5. The SMILES string of the molecule is [CH2]c1ccnc(Cl)c1N. The van der Waals surface area contributed by atoms with Crippen LogP contribution in [-0.4, -0.2) is 4.98 Å². The first-order valence-corrected chi connectivity index (χ1v) is 2.81. The normalized spacial score (nSPS) is 9.56. The fraction of sp³-hybridized carbons (Fsp3) is 0. The van der Waals surface area contributed by atoms with Crippen LogP contribution in [0.15, 0.2) is 12.3 Å². The molecule has 0 unspecified atom stereocenters. The van der Waals surface area contributed by atoms with Gasteiger partial charge < -0.3 is 5.73 Å². The molecule has 1 rings (SSSR count). The van der Waals surface area contributed by atoms with Crippen LogP contribution >= 0.6 is 11.6 Å². The maximum Gasteiger partial charge on any atom is 0.152 e. The second-order valence-electron chi connectivity index (χ2n) is 1.67. The molecule has 1 aromatic heterocycles. The van der Waals surface area contributed by atoms with Gasteiger partial charge in [0, 0.05) is 6.20 Å². The van der Waals surface area contributed by atoms with Crippen molar-refractivity contribution in [2.45, 2.75) is 0 Å². The number of nitrogens with two attached hydrogens (primary N) is 1. The van der Waals surface area contributed by atoms with Crippen molar-refractivity contribution in [3.63, 3.8) is 0 Å². The van der Waals surface area contributed by atoms with Gasteiger partial charge in [-0.25, -0.2) is 4.98 Å². The molecule has 1 radical (unpaired) electrons. The maximum absolute atomic E-state index is 5.54. The van der Waals surface area contributed by atoms with Crippen molar-refractivity contribution in [2.75, 3.05) is 5.73 Å². The molecule has 0 aliphatic rings. The summed E-state index contributed by atoms with van der Waals surface area (Å²) in [5, 5.41) is 0.322. The highest BCUT2D eigenvalue weighted by Crippen LogP contribution is 2.17. The van der Waals surface area contributed by atoms with Gasteiger partial charge >= 0.3 is 0 Å². The van der Waals surface area contributed by atoms with Gasteiger partial charge in [-0.3, -0.25) is 0 Å². The van der Waals surface area contributed by atoms with E-state index in [0.29, 0.717) is 10.8 Å². The number of hydrogen-bond donors (Lipinski definition) is 1. The lowest BCUT2D eigenvalue weighted by atomic mass is 10.3. The minimum atomic E-state index is 0.322. The number of pyridine rings is 1. The van der Waals surface area contributed by atoms with Gasteiger partial charge in [-0.15, -0.1) is 0 Å². The number of rotatable bonds is 0. The molecule has 0 saturated carbocycles. The van der Waals surface area contributed by atoms with E-state index in [2.05, 4.69) is 11.9 Å². The van der Waals surface area contributed by atoms with Crippen molar-refractivity contribution in [1.82, 2.24) is 4.98 Å². The van der Waals surface area contributed by atoms with Crippen molar-refractivity contribution >= 4 is 17.3 Å². The van der Waals surface area contributed by atoms with Crippen LogP contribution in [0.1, 0.15) is 5.56 Å². The van der Waals surface area contributed by atoms with Crippen molar-refractivity contribution in [1.29, 1.82) is 0 Å². The zero-order valence-corrected chi connectivity index (χ0v) is 5.52. The third-order valence-electron chi connectivity index (χ3n) is 1.03. The summed E-state index contributed by atoms with van der Waals surface area (Å²) in [6, 6.07) is 1.71. The van der Waals surface area contributed by atoms with Crippen LogP contribution in [0.5, 0.6) is 0 Å². The summed E-state index contributed by atoms with van der Waals surface area (Å²) in [4.78, 5) is 3.74. The Balaban J connectivity index is 3.25. The van der Waals surface area contributed by atoms with Crippen LogP contribution in [0.4, 0.5) is 5.69 Å². The minimum absolute atomic E-state index is 0.322. The number of nitrogens with zero attached hydrogens (tertiary/aromatic N) is 1. The van der Waals surface area contributed by atoms with Crippen LogP contribution in [0.25, 0.3) is 0 Å². The van der Waals surface area contributed by atoms with Crippen LogP contribution in [0.3, 0.4) is 0 Å². The van der Waals surface area contributed by atoms with Crippen molar-refractivity contribution in [3.05, 3.63) is 29.9 Å². The van der Waals surface area contributed by atoms with E-state index in [4.69, 9.17) is 17.3 Å². The fourth-order valence-electron chi connectivity index (χ4n) is 0.484. The van der Waals surface area contributed by atoms with Gasteiger partial charge in [0.25, 0.3) is 0 Å². The van der Waals surface area contributed by atoms with E-state index in [1.54, 1.807) is 12.3 Å². The molecular formula is C6H6ClN2. The molecule has 0 atom stereocenters. The molecule has 0 fully saturated rings. The molecule has 2 N–H and O–H groups in total. The summed E-state index contributed by atoms with van der Waals surface area (Å²) in [5.41, 5.74) is 6.60. The summed E-state index contributed by atoms with van der Waals surface area (Å²) in [5.74, 6) is 0. The fourth-order valence-corrected chi connectivity index (χ4v) is 0.662. The number of halogens is 1. The predicted molar refractivity (Wildman–Crippen MR) is 38.1 cm³/mol. The number of anilines is 1. The quantitative estimate of drug-likeness (QED) is 0.556. The van der Waals surface area contributed by atoms with Crippen molar-refractivity contribution in [3.8, 4) is 0 Å². The topological polar surface area (TPSA) is 38.9 Å². The molecule has 0 aromatic carbocycles. The number of hydrogen-bond acceptors (Lipinski definition) is 2. The number of nitrogen functional groups attached to an aromatic ring is 1. The van der Waals surface area contributed by atoms with Gasteiger partial charge in [-0.05, 0) is 18.6 Å². The van der Waals surface area contributed by atoms with Crippen LogP contribution in [0.2, 0.25) is 5.15 Å². The Kier molecular flexibility index (Phi) is 1.58. The van der Waals surface area contributed by atoms with E-state index in [1.165, 1.54) is 0 Å². The van der Waals surface area contributed by atoms with E-state index >= 15 is 0 Å². The van der Waals surface area contributed by atoms with Gasteiger partial charge in [0.1, 0.15) is 0 Å². The third kappa shape index (κ3) is 1.13. The molecule has 0 amide bonds. The molecule has 1 aromatic rings. The molecule has 47 valence electrons. The summed E-state index contributed by atoms with van der Waals surface area (Å²) < 4.78 is 0. The zero-order valence-electron chi connectivity index (χ0n) is 4.76. The highest BCUT2D eigenvalue weighted by Gasteiger charge is 1.96. The first-order chi connectivity index (χ1) is 4.22. The second kappa shape index (κ2) is 2.23. The summed E-state index contributed by atoms with van der Waals surface area (Å²) in [7, 11) is 0. The Morgan fingerprint density at radius 2 is 2.33 bits per heavy atom. The number of aromatic nitrogens is 1. The second-order valence-corrected chi connectivity index (χ2v) is 2.03. The molecule has 0 bridgehead atoms. The lowest BCUT2D eigenvalue weighted by molar-refractivity contribution is 1.32. The van der Waals surface area contributed by atoms with Gasteiger partial charge in [-0.1, -0.05) is 11.6 Å². The molecule has 0 aliphatic heterocycles. The Morgan fingerprint density at radius 1 is 1.67 bits per heavy atom. The van der Waals surface area contributed by atoms with Crippen molar-refractivity contribution in [2.24, 2.45) is 0 Å². The smallest absolute Gasteiger partial charge is 0.152 e. The first kappa shape index (κ1) is 6.36. The van der Waals surface area contributed by atoms with Crippen molar-refractivity contribution < 1.29 is 0 Å². The van der Waals surface area contributed by atoms with E-state index in [-0.39, 0.29) is 0 Å². The summed E-state index contributed by atoms with van der Waals surface area (Å²) >= 11 is 5.54. The largest absolute Gasteiger partial charge is 0.396 e. The summed E-state index contributed by atoms with van der Waals surface area (Å²) in [6.45, 7) is 3.63. The minimum Gasteiger partial charge on any atom is -0.396 e. The Morgan fingerprint density at radius 3 is 2.78 bits per heavy atom. The van der Waals surface area contributed by atoms with Crippen LogP contribution in [0, 0.1) is 6.92 Å². The van der Waals surface area contributed by atoms with Crippen LogP contribution in [-0.2, 0) is 0 Å². The molecular weight excluding hydrogens is 136 g/mol. The maximum atomic E-state index is 5.54. The van der Waals surface area contributed by atoms with E-state index in [1.807, 2.05) is 0 Å². The third-order valence-corrected chi connectivity index (χ3v) is 1.33. The van der Waals surface area contributed by atoms with E-state index in [9.17, 15) is 0 Å².